The number of benzene rings is 2. The highest BCUT2D eigenvalue weighted by molar-refractivity contribution is 14.1. The van der Waals surface area contributed by atoms with Crippen LogP contribution in [0.1, 0.15) is 11.1 Å². The first-order chi connectivity index (χ1) is 8.79. The smallest absolute Gasteiger partial charge is 0.225 e. The van der Waals surface area contributed by atoms with Crippen molar-refractivity contribution in [3.8, 4) is 11.5 Å². The number of alkyl halides is 1. The quantitative estimate of drug-likeness (QED) is 0.493. The van der Waals surface area contributed by atoms with Gasteiger partial charge in [-0.2, -0.15) is 0 Å². The molecule has 0 saturated carbocycles. The number of fused-ring (bicyclic) bond motifs is 1. The van der Waals surface area contributed by atoms with E-state index in [1.165, 1.54) is 21.9 Å². The van der Waals surface area contributed by atoms with E-state index in [-0.39, 0.29) is 0 Å². The first-order valence-electron chi connectivity index (χ1n) is 5.77. The fraction of sp³-hybridized carbons (Fsp3) is 0.133. The number of halogens is 1. The summed E-state index contributed by atoms with van der Waals surface area (Å²) in [6.45, 7) is 2.16. The second-order valence-corrected chi connectivity index (χ2v) is 5.04. The molecular formula is C15H12INO. The molecule has 1 heterocycles. The van der Waals surface area contributed by atoms with Crippen molar-refractivity contribution in [3.63, 3.8) is 0 Å². The maximum absolute atomic E-state index is 5.38. The van der Waals surface area contributed by atoms with Crippen LogP contribution in [0.3, 0.4) is 0 Å². The number of oxazole rings is 1. The van der Waals surface area contributed by atoms with Crippen LogP contribution in [0.4, 0.5) is 0 Å². The maximum atomic E-state index is 5.38. The van der Waals surface area contributed by atoms with E-state index in [2.05, 4.69) is 64.8 Å². The summed E-state index contributed by atoms with van der Waals surface area (Å²) in [6.07, 6.45) is 3.29. The maximum Gasteiger partial charge on any atom is 0.225 e. The predicted octanol–water partition coefficient (Wildman–Crippen LogP) is 4.74. The summed E-state index contributed by atoms with van der Waals surface area (Å²) in [4.78, 5) is 4.22. The number of hydrogen-bond acceptors (Lipinski definition) is 2. The fourth-order valence-electron chi connectivity index (χ4n) is 2.31. The van der Waals surface area contributed by atoms with Crippen LogP contribution >= 0.6 is 22.6 Å². The first kappa shape index (κ1) is 11.7. The molecule has 2 nitrogen and oxygen atoms in total. The highest BCUT2D eigenvalue weighted by atomic mass is 127. The molecule has 0 saturated heterocycles. The number of aryl methyl sites for hydroxylation is 1. The number of hydrogen-bond donors (Lipinski definition) is 0. The molecule has 90 valence electrons. The Hall–Kier alpha value is -1.36. The van der Waals surface area contributed by atoms with Crippen molar-refractivity contribution in [1.82, 2.24) is 4.98 Å². The third kappa shape index (κ3) is 1.92. The van der Waals surface area contributed by atoms with Crippen molar-refractivity contribution in [2.24, 2.45) is 0 Å². The van der Waals surface area contributed by atoms with E-state index in [9.17, 15) is 0 Å². The van der Waals surface area contributed by atoms with Gasteiger partial charge in [-0.05, 0) is 41.0 Å². The van der Waals surface area contributed by atoms with Crippen LogP contribution in [0.5, 0.6) is 0 Å². The van der Waals surface area contributed by atoms with Crippen molar-refractivity contribution in [3.05, 3.63) is 53.9 Å². The van der Waals surface area contributed by atoms with Gasteiger partial charge >= 0.3 is 0 Å². The molecule has 0 spiro atoms. The molecule has 0 aliphatic heterocycles. The van der Waals surface area contributed by atoms with Crippen LogP contribution in [-0.2, 0) is 4.43 Å². The van der Waals surface area contributed by atoms with E-state index < -0.39 is 0 Å². The molecule has 0 aliphatic carbocycles. The van der Waals surface area contributed by atoms with Crippen LogP contribution in [-0.4, -0.2) is 4.98 Å². The average Bonchev–Trinajstić information content (AvgIpc) is 2.91. The Morgan fingerprint density at radius 1 is 1.28 bits per heavy atom. The van der Waals surface area contributed by atoms with Crippen molar-refractivity contribution in [2.45, 2.75) is 11.4 Å². The minimum absolute atomic E-state index is 0.685. The van der Waals surface area contributed by atoms with Crippen molar-refractivity contribution in [2.75, 3.05) is 0 Å². The zero-order valence-electron chi connectivity index (χ0n) is 9.98. The molecule has 0 bridgehead atoms. The Morgan fingerprint density at radius 3 is 2.89 bits per heavy atom. The largest absolute Gasteiger partial charge is 0.445 e. The van der Waals surface area contributed by atoms with Gasteiger partial charge in [-0.1, -0.05) is 40.8 Å². The van der Waals surface area contributed by atoms with Crippen LogP contribution in [0.15, 0.2) is 47.2 Å². The summed E-state index contributed by atoms with van der Waals surface area (Å²) >= 11 is 2.40. The Kier molecular flexibility index (Phi) is 3.07. The molecule has 3 rings (SSSR count). The van der Waals surface area contributed by atoms with Crippen molar-refractivity contribution < 1.29 is 4.42 Å². The van der Waals surface area contributed by atoms with E-state index in [1.54, 1.807) is 12.5 Å². The summed E-state index contributed by atoms with van der Waals surface area (Å²) in [7, 11) is 0. The Labute approximate surface area is 119 Å². The minimum atomic E-state index is 0.685. The molecule has 0 atom stereocenters. The van der Waals surface area contributed by atoms with Crippen LogP contribution < -0.4 is 0 Å². The van der Waals surface area contributed by atoms with Gasteiger partial charge in [0.1, 0.15) is 6.26 Å². The van der Waals surface area contributed by atoms with Crippen LogP contribution in [0, 0.1) is 6.92 Å². The third-order valence-corrected chi connectivity index (χ3v) is 3.91. The lowest BCUT2D eigenvalue weighted by molar-refractivity contribution is 0.574. The monoisotopic (exact) mass is 349 g/mol. The van der Waals surface area contributed by atoms with E-state index in [0.29, 0.717) is 5.89 Å². The molecule has 18 heavy (non-hydrogen) atoms. The van der Waals surface area contributed by atoms with Crippen molar-refractivity contribution >= 4 is 33.4 Å². The summed E-state index contributed by atoms with van der Waals surface area (Å²) in [5, 5.41) is 2.60. The SMILES string of the molecule is Cc1cccc2cc(-c3ncco3)cc(CI)c12. The van der Waals surface area contributed by atoms with Gasteiger partial charge in [0.25, 0.3) is 0 Å². The van der Waals surface area contributed by atoms with Gasteiger partial charge in [-0.25, -0.2) is 4.98 Å². The van der Waals surface area contributed by atoms with Crippen LogP contribution in [0.2, 0.25) is 0 Å². The van der Waals surface area contributed by atoms with Gasteiger partial charge < -0.3 is 4.42 Å². The van der Waals surface area contributed by atoms with Crippen molar-refractivity contribution in [1.29, 1.82) is 0 Å². The van der Waals surface area contributed by atoms with Crippen LogP contribution in [0.25, 0.3) is 22.2 Å². The van der Waals surface area contributed by atoms with E-state index in [0.717, 1.165) is 9.99 Å². The Bertz CT molecular complexity index is 689. The zero-order chi connectivity index (χ0) is 12.5. The zero-order valence-corrected chi connectivity index (χ0v) is 12.1. The average molecular weight is 349 g/mol. The topological polar surface area (TPSA) is 26.0 Å². The van der Waals surface area contributed by atoms with Gasteiger partial charge in [0.2, 0.25) is 5.89 Å². The minimum Gasteiger partial charge on any atom is -0.445 e. The molecule has 1 aromatic heterocycles. The molecule has 2 aromatic carbocycles. The molecule has 0 radical (unpaired) electrons. The standard InChI is InChI=1S/C15H12INO/c1-10-3-2-4-11-7-12(15-17-5-6-18-15)8-13(9-16)14(10)11/h2-8H,9H2,1H3. The molecule has 0 N–H and O–H groups in total. The molecule has 0 unspecified atom stereocenters. The Morgan fingerprint density at radius 2 is 2.17 bits per heavy atom. The summed E-state index contributed by atoms with van der Waals surface area (Å²) in [5.41, 5.74) is 3.70. The molecular weight excluding hydrogens is 337 g/mol. The summed E-state index contributed by atoms with van der Waals surface area (Å²) in [5.74, 6) is 0.685. The van der Waals surface area contributed by atoms with Gasteiger partial charge in [0, 0.05) is 9.99 Å². The number of rotatable bonds is 2. The van der Waals surface area contributed by atoms with Gasteiger partial charge in [-0.15, -0.1) is 0 Å². The highest BCUT2D eigenvalue weighted by Gasteiger charge is 2.09. The van der Waals surface area contributed by atoms with E-state index >= 15 is 0 Å². The highest BCUT2D eigenvalue weighted by Crippen LogP contribution is 2.30. The molecule has 0 aliphatic rings. The lowest BCUT2D eigenvalue weighted by Crippen LogP contribution is -1.88. The van der Waals surface area contributed by atoms with E-state index in [1.807, 2.05) is 0 Å². The molecule has 0 amide bonds. The summed E-state index contributed by atoms with van der Waals surface area (Å²) in [6, 6.07) is 10.7. The van der Waals surface area contributed by atoms with Gasteiger partial charge in [0.15, 0.2) is 0 Å². The van der Waals surface area contributed by atoms with Gasteiger partial charge in [-0.3, -0.25) is 0 Å². The lowest BCUT2D eigenvalue weighted by atomic mass is 9.98. The van der Waals surface area contributed by atoms with Gasteiger partial charge in [0.05, 0.1) is 6.20 Å². The molecule has 0 fully saturated rings. The number of nitrogens with zero attached hydrogens (tertiary/aromatic N) is 1. The Balaban J connectivity index is 2.32. The van der Waals surface area contributed by atoms with E-state index in [4.69, 9.17) is 4.42 Å². The normalized spacial score (nSPS) is 11.0. The third-order valence-electron chi connectivity index (χ3n) is 3.09. The lowest BCUT2D eigenvalue weighted by Gasteiger charge is -2.09. The number of aromatic nitrogens is 1. The molecule has 3 aromatic rings. The second kappa shape index (κ2) is 4.72. The summed E-state index contributed by atoms with van der Waals surface area (Å²) < 4.78 is 6.36. The molecule has 3 heteroatoms. The fourth-order valence-corrected chi connectivity index (χ4v) is 2.91. The second-order valence-electron chi connectivity index (χ2n) is 4.28. The predicted molar refractivity (Wildman–Crippen MR) is 81.9 cm³/mol. The first-order valence-corrected chi connectivity index (χ1v) is 7.30.